The predicted molar refractivity (Wildman–Crippen MR) is 83.7 cm³/mol. The Morgan fingerprint density at radius 2 is 2.19 bits per heavy atom. The molecule has 0 aliphatic heterocycles. The van der Waals surface area contributed by atoms with E-state index >= 15 is 0 Å². The summed E-state index contributed by atoms with van der Waals surface area (Å²) in [5.74, 6) is 0.872. The maximum Gasteiger partial charge on any atom is 0.137 e. The van der Waals surface area contributed by atoms with Gasteiger partial charge in [-0.25, -0.2) is 0 Å². The van der Waals surface area contributed by atoms with E-state index < -0.39 is 0 Å². The fourth-order valence-corrected chi connectivity index (χ4v) is 3.86. The van der Waals surface area contributed by atoms with E-state index in [1.807, 2.05) is 4.68 Å². The maximum atomic E-state index is 12.5. The van der Waals surface area contributed by atoms with Crippen LogP contribution in [0.3, 0.4) is 0 Å². The molecule has 118 valence electrons. The second kappa shape index (κ2) is 6.49. The molecule has 1 aliphatic rings. The molecule has 1 aromatic heterocycles. The van der Waals surface area contributed by atoms with Crippen LogP contribution < -0.4 is 0 Å². The highest BCUT2D eigenvalue weighted by Gasteiger charge is 2.42. The van der Waals surface area contributed by atoms with Gasteiger partial charge < -0.3 is 4.74 Å². The van der Waals surface area contributed by atoms with Gasteiger partial charge in [0.25, 0.3) is 0 Å². The number of ketones is 1. The van der Waals surface area contributed by atoms with Crippen molar-refractivity contribution in [2.45, 2.75) is 52.0 Å². The van der Waals surface area contributed by atoms with E-state index in [1.165, 1.54) is 0 Å². The minimum atomic E-state index is -0.307. The quantitative estimate of drug-likeness (QED) is 0.836. The molecule has 2 atom stereocenters. The summed E-state index contributed by atoms with van der Waals surface area (Å²) in [6, 6.07) is 0. The molecule has 5 heteroatoms. The van der Waals surface area contributed by atoms with Crippen LogP contribution in [0.2, 0.25) is 5.02 Å². The molecule has 0 amide bonds. The average molecular weight is 313 g/mol. The van der Waals surface area contributed by atoms with Gasteiger partial charge in [-0.05, 0) is 18.8 Å². The van der Waals surface area contributed by atoms with E-state index in [0.29, 0.717) is 36.3 Å². The molecule has 1 fully saturated rings. The van der Waals surface area contributed by atoms with Crippen molar-refractivity contribution in [1.29, 1.82) is 0 Å². The molecule has 4 nitrogen and oxygen atoms in total. The zero-order valence-electron chi connectivity index (χ0n) is 13.4. The lowest BCUT2D eigenvalue weighted by Gasteiger charge is -2.38. The summed E-state index contributed by atoms with van der Waals surface area (Å²) >= 11 is 6.37. The number of carbonyl (C=O) groups is 1. The first-order valence-corrected chi connectivity index (χ1v) is 7.99. The molecular formula is C16H25ClN2O2. The van der Waals surface area contributed by atoms with Crippen molar-refractivity contribution in [3.63, 3.8) is 0 Å². The third-order valence-corrected chi connectivity index (χ3v) is 4.95. The molecule has 0 radical (unpaired) electrons. The predicted octanol–water partition coefficient (Wildman–Crippen LogP) is 3.47. The van der Waals surface area contributed by atoms with E-state index in [-0.39, 0.29) is 11.3 Å². The molecule has 2 unspecified atom stereocenters. The van der Waals surface area contributed by atoms with Crippen LogP contribution >= 0.6 is 11.6 Å². The minimum absolute atomic E-state index is 0.0178. The third-order valence-electron chi connectivity index (χ3n) is 4.67. The average Bonchev–Trinajstić information content (AvgIpc) is 2.77. The van der Waals surface area contributed by atoms with Crippen molar-refractivity contribution in [3.05, 3.63) is 16.9 Å². The molecule has 0 aromatic carbocycles. The number of hydrogen-bond acceptors (Lipinski definition) is 3. The number of ether oxygens (including phenoxy) is 1. The highest BCUT2D eigenvalue weighted by atomic mass is 35.5. The van der Waals surface area contributed by atoms with Crippen molar-refractivity contribution in [2.24, 2.45) is 11.8 Å². The van der Waals surface area contributed by atoms with Crippen LogP contribution in [0.5, 0.6) is 0 Å². The maximum absolute atomic E-state index is 12.5. The monoisotopic (exact) mass is 312 g/mol. The Bertz CT molecular complexity index is 510. The summed E-state index contributed by atoms with van der Waals surface area (Å²) in [5, 5.41) is 4.99. The van der Waals surface area contributed by atoms with Crippen LogP contribution in [0.1, 0.15) is 45.7 Å². The van der Waals surface area contributed by atoms with Crippen molar-refractivity contribution in [3.8, 4) is 0 Å². The molecule has 0 saturated heterocycles. The summed E-state index contributed by atoms with van der Waals surface area (Å²) in [7, 11) is 1.67. The van der Waals surface area contributed by atoms with Gasteiger partial charge in [0, 0.05) is 24.9 Å². The SMILES string of the molecule is COCCn1ncc(Cl)c1C(C)(C)C1CCC(C)CC1=O. The Labute approximate surface area is 131 Å². The number of halogens is 1. The van der Waals surface area contributed by atoms with Gasteiger partial charge >= 0.3 is 0 Å². The molecule has 0 bridgehead atoms. The summed E-state index contributed by atoms with van der Waals surface area (Å²) < 4.78 is 7.02. The first-order chi connectivity index (χ1) is 9.87. The summed E-state index contributed by atoms with van der Waals surface area (Å²) in [6.07, 6.45) is 4.38. The van der Waals surface area contributed by atoms with Crippen LogP contribution in [0, 0.1) is 11.8 Å². The largest absolute Gasteiger partial charge is 0.383 e. The van der Waals surface area contributed by atoms with Gasteiger partial charge in [0.15, 0.2) is 0 Å². The summed E-state index contributed by atoms with van der Waals surface area (Å²) in [6.45, 7) is 7.60. The van der Waals surface area contributed by atoms with Crippen LogP contribution in [-0.4, -0.2) is 29.3 Å². The first kappa shape index (κ1) is 16.5. The second-order valence-corrected chi connectivity index (χ2v) is 7.09. The Morgan fingerprint density at radius 1 is 1.48 bits per heavy atom. The Morgan fingerprint density at radius 3 is 2.81 bits per heavy atom. The van der Waals surface area contributed by atoms with Gasteiger partial charge in [-0.1, -0.05) is 32.4 Å². The van der Waals surface area contributed by atoms with Crippen LogP contribution in [-0.2, 0) is 21.5 Å². The molecule has 1 saturated carbocycles. The lowest BCUT2D eigenvalue weighted by molar-refractivity contribution is -0.128. The molecule has 1 heterocycles. The number of methoxy groups -OCH3 is 1. The second-order valence-electron chi connectivity index (χ2n) is 6.68. The lowest BCUT2D eigenvalue weighted by atomic mass is 9.67. The zero-order chi connectivity index (χ0) is 15.6. The molecule has 0 spiro atoms. The Hall–Kier alpha value is -0.870. The standard InChI is InChI=1S/C16H25ClN2O2/c1-11-5-6-12(14(20)9-11)16(2,3)15-13(17)10-18-19(15)7-8-21-4/h10-12H,5-9H2,1-4H3. The molecule has 21 heavy (non-hydrogen) atoms. The highest BCUT2D eigenvalue weighted by molar-refractivity contribution is 6.31. The number of rotatable bonds is 5. The van der Waals surface area contributed by atoms with E-state index in [9.17, 15) is 4.79 Å². The van der Waals surface area contributed by atoms with E-state index in [1.54, 1.807) is 13.3 Å². The number of hydrogen-bond donors (Lipinski definition) is 0. The third kappa shape index (κ3) is 3.32. The van der Waals surface area contributed by atoms with Gasteiger partial charge in [0.2, 0.25) is 0 Å². The van der Waals surface area contributed by atoms with Crippen molar-refractivity contribution < 1.29 is 9.53 Å². The van der Waals surface area contributed by atoms with Crippen molar-refractivity contribution in [1.82, 2.24) is 9.78 Å². The molecule has 1 aliphatic carbocycles. The van der Waals surface area contributed by atoms with Gasteiger partial charge in [0.05, 0.1) is 30.1 Å². The lowest BCUT2D eigenvalue weighted by Crippen LogP contribution is -2.40. The van der Waals surface area contributed by atoms with Crippen molar-refractivity contribution >= 4 is 17.4 Å². The fourth-order valence-electron chi connectivity index (χ4n) is 3.48. The fraction of sp³-hybridized carbons (Fsp3) is 0.750. The number of carbonyl (C=O) groups excluding carboxylic acids is 1. The number of nitrogens with zero attached hydrogens (tertiary/aromatic N) is 2. The Balaban J connectivity index is 2.30. The topological polar surface area (TPSA) is 44.1 Å². The molecule has 0 N–H and O–H groups in total. The molecule has 2 rings (SSSR count). The normalized spacial score (nSPS) is 23.6. The number of aromatic nitrogens is 2. The smallest absolute Gasteiger partial charge is 0.137 e. The van der Waals surface area contributed by atoms with E-state index in [0.717, 1.165) is 18.5 Å². The van der Waals surface area contributed by atoms with Gasteiger partial charge in [0.1, 0.15) is 5.78 Å². The van der Waals surface area contributed by atoms with Crippen LogP contribution in [0.15, 0.2) is 6.20 Å². The Kier molecular flexibility index (Phi) is 5.10. The summed E-state index contributed by atoms with van der Waals surface area (Å²) in [4.78, 5) is 12.5. The molecular weight excluding hydrogens is 288 g/mol. The highest BCUT2D eigenvalue weighted by Crippen LogP contribution is 2.42. The van der Waals surface area contributed by atoms with Gasteiger partial charge in [-0.3, -0.25) is 9.48 Å². The summed E-state index contributed by atoms with van der Waals surface area (Å²) in [5.41, 5.74) is 0.646. The van der Waals surface area contributed by atoms with Gasteiger partial charge in [-0.15, -0.1) is 0 Å². The first-order valence-electron chi connectivity index (χ1n) is 7.61. The van der Waals surface area contributed by atoms with E-state index in [2.05, 4.69) is 25.9 Å². The number of Topliss-reactive ketones (excluding diaryl/α,β-unsaturated/α-hetero) is 1. The molecule has 1 aromatic rings. The van der Waals surface area contributed by atoms with Crippen molar-refractivity contribution in [2.75, 3.05) is 13.7 Å². The van der Waals surface area contributed by atoms with Crippen LogP contribution in [0.25, 0.3) is 0 Å². The van der Waals surface area contributed by atoms with Gasteiger partial charge in [-0.2, -0.15) is 5.10 Å². The van der Waals surface area contributed by atoms with Crippen LogP contribution in [0.4, 0.5) is 0 Å². The zero-order valence-corrected chi connectivity index (χ0v) is 14.1. The minimum Gasteiger partial charge on any atom is -0.383 e. The van der Waals surface area contributed by atoms with E-state index in [4.69, 9.17) is 16.3 Å².